The zero-order chi connectivity index (χ0) is 16.7. The molecule has 0 aliphatic carbocycles. The number of hydrogen-bond donors (Lipinski definition) is 1. The van der Waals surface area contributed by atoms with Crippen molar-refractivity contribution in [2.75, 3.05) is 40.3 Å². The molecule has 3 heterocycles. The fourth-order valence-corrected chi connectivity index (χ4v) is 4.99. The van der Waals surface area contributed by atoms with E-state index in [1.165, 1.54) is 33.6 Å². The lowest BCUT2D eigenvalue weighted by Crippen LogP contribution is -2.44. The summed E-state index contributed by atoms with van der Waals surface area (Å²) in [7, 11) is 4.43. The van der Waals surface area contributed by atoms with E-state index in [9.17, 15) is 0 Å². The Labute approximate surface area is 165 Å². The highest BCUT2D eigenvalue weighted by atomic mass is 79.9. The monoisotopic (exact) mass is 424 g/mol. The minimum atomic E-state index is 0. The normalized spacial score (nSPS) is 28.8. The number of piperidine rings is 1. The molecular formula is C19H29BrN4S. The molecule has 2 aliphatic heterocycles. The van der Waals surface area contributed by atoms with Gasteiger partial charge in [-0.3, -0.25) is 4.90 Å². The van der Waals surface area contributed by atoms with Crippen molar-refractivity contribution < 1.29 is 0 Å². The van der Waals surface area contributed by atoms with E-state index < -0.39 is 0 Å². The number of nitrogens with zero attached hydrogens (tertiary/aromatic N) is 3. The van der Waals surface area contributed by atoms with E-state index in [-0.39, 0.29) is 17.0 Å². The topological polar surface area (TPSA) is 31.4 Å². The van der Waals surface area contributed by atoms with Gasteiger partial charge in [-0.2, -0.15) is 0 Å². The Morgan fingerprint density at radius 1 is 1.20 bits per heavy atom. The molecule has 3 atom stereocenters. The third-order valence-electron chi connectivity index (χ3n) is 5.63. The van der Waals surface area contributed by atoms with Gasteiger partial charge in [-0.25, -0.2) is 4.98 Å². The van der Waals surface area contributed by atoms with Crippen LogP contribution in [0.1, 0.15) is 42.4 Å². The van der Waals surface area contributed by atoms with E-state index in [0.717, 1.165) is 32.1 Å². The molecular weight excluding hydrogens is 396 g/mol. The highest BCUT2D eigenvalue weighted by Crippen LogP contribution is 2.33. The smallest absolute Gasteiger partial charge is 0.112 e. The van der Waals surface area contributed by atoms with Crippen molar-refractivity contribution in [2.45, 2.75) is 31.8 Å². The van der Waals surface area contributed by atoms with E-state index >= 15 is 0 Å². The lowest BCUT2D eigenvalue weighted by molar-refractivity contribution is 0.115. The van der Waals surface area contributed by atoms with Gasteiger partial charge in [0.2, 0.25) is 0 Å². The van der Waals surface area contributed by atoms with Gasteiger partial charge < -0.3 is 10.2 Å². The van der Waals surface area contributed by atoms with Crippen LogP contribution in [0, 0.1) is 5.92 Å². The van der Waals surface area contributed by atoms with Crippen LogP contribution in [0.3, 0.4) is 0 Å². The molecule has 0 bridgehead atoms. The van der Waals surface area contributed by atoms with Crippen molar-refractivity contribution in [1.82, 2.24) is 20.1 Å². The number of fused-ring (bicyclic) bond motifs is 1. The maximum absolute atomic E-state index is 5.01. The molecule has 0 amide bonds. The highest BCUT2D eigenvalue weighted by Gasteiger charge is 2.27. The molecule has 138 valence electrons. The van der Waals surface area contributed by atoms with Gasteiger partial charge in [0.25, 0.3) is 0 Å². The van der Waals surface area contributed by atoms with Crippen LogP contribution in [0.4, 0.5) is 0 Å². The third kappa shape index (κ3) is 4.08. The first-order valence-electron chi connectivity index (χ1n) is 9.12. The average Bonchev–Trinajstić information content (AvgIpc) is 3.00. The van der Waals surface area contributed by atoms with Crippen LogP contribution >= 0.6 is 28.3 Å². The number of hydrogen-bond acceptors (Lipinski definition) is 5. The summed E-state index contributed by atoms with van der Waals surface area (Å²) in [4.78, 5) is 9.87. The van der Waals surface area contributed by atoms with Gasteiger partial charge in [0.1, 0.15) is 5.01 Å². The minimum absolute atomic E-state index is 0. The molecule has 0 saturated carbocycles. The Kier molecular flexibility index (Phi) is 6.16. The summed E-state index contributed by atoms with van der Waals surface area (Å²) in [5.74, 6) is 0.801. The molecule has 1 aromatic carbocycles. The fourth-order valence-electron chi connectivity index (χ4n) is 3.88. The second-order valence-electron chi connectivity index (χ2n) is 7.68. The van der Waals surface area contributed by atoms with Gasteiger partial charge in [-0.05, 0) is 57.1 Å². The first-order chi connectivity index (χ1) is 11.6. The summed E-state index contributed by atoms with van der Waals surface area (Å²) in [5, 5.41) is 4.96. The molecule has 6 heteroatoms. The first-order valence-corrected chi connectivity index (χ1v) is 9.94. The Morgan fingerprint density at radius 2 is 2.04 bits per heavy atom. The summed E-state index contributed by atoms with van der Waals surface area (Å²) >= 11 is 1.87. The van der Waals surface area contributed by atoms with Gasteiger partial charge in [0.15, 0.2) is 0 Å². The molecule has 1 N–H and O–H groups in total. The van der Waals surface area contributed by atoms with E-state index in [1.807, 2.05) is 11.3 Å². The summed E-state index contributed by atoms with van der Waals surface area (Å²) in [6.45, 7) is 6.80. The fraction of sp³-hybridized carbons (Fsp3) is 0.632. The molecule has 0 radical (unpaired) electrons. The second-order valence-corrected chi connectivity index (χ2v) is 8.74. The summed E-state index contributed by atoms with van der Waals surface area (Å²) in [6, 6.07) is 7.82. The zero-order valence-electron chi connectivity index (χ0n) is 15.4. The molecule has 1 unspecified atom stereocenters. The molecule has 4 nitrogen and oxygen atoms in total. The Bertz CT molecular complexity index is 711. The number of benzene rings is 1. The van der Waals surface area contributed by atoms with Gasteiger partial charge in [0.05, 0.1) is 16.3 Å². The van der Waals surface area contributed by atoms with Crippen molar-refractivity contribution in [2.24, 2.45) is 5.92 Å². The quantitative estimate of drug-likeness (QED) is 0.792. The van der Waals surface area contributed by atoms with E-state index in [0.29, 0.717) is 12.1 Å². The van der Waals surface area contributed by atoms with Crippen LogP contribution in [-0.2, 0) is 0 Å². The Morgan fingerprint density at radius 3 is 2.80 bits per heavy atom. The van der Waals surface area contributed by atoms with E-state index in [2.05, 4.69) is 54.3 Å². The number of thiazole rings is 1. The minimum Gasteiger partial charge on any atom is -0.310 e. The zero-order valence-corrected chi connectivity index (χ0v) is 17.9. The average molecular weight is 425 g/mol. The number of halogens is 1. The van der Waals surface area contributed by atoms with Crippen molar-refractivity contribution in [3.8, 4) is 0 Å². The Balaban J connectivity index is 0.00000182. The standard InChI is InChI=1S/C19H28N4S.BrH/c1-13-4-6-15(20-11-13)14-5-7-18-16(10-14)21-19(24-18)17-12-22(2)8-9-23(17)3;/h5,7,10,13,15,17,20H,4,6,8-9,11-12H2,1-3H3;1H/t13-,15+,17?;/m0./s1. The molecule has 2 fully saturated rings. The molecule has 25 heavy (non-hydrogen) atoms. The van der Waals surface area contributed by atoms with Gasteiger partial charge >= 0.3 is 0 Å². The second kappa shape index (κ2) is 8.01. The molecule has 4 rings (SSSR count). The molecule has 2 aromatic rings. The van der Waals surface area contributed by atoms with Gasteiger partial charge in [-0.15, -0.1) is 28.3 Å². The number of aromatic nitrogens is 1. The van der Waals surface area contributed by atoms with Gasteiger partial charge in [0, 0.05) is 25.7 Å². The first kappa shape index (κ1) is 19.2. The van der Waals surface area contributed by atoms with Crippen molar-refractivity contribution in [3.63, 3.8) is 0 Å². The van der Waals surface area contributed by atoms with Crippen LogP contribution in [0.15, 0.2) is 18.2 Å². The molecule has 2 aliphatic rings. The lowest BCUT2D eigenvalue weighted by atomic mass is 9.92. The number of nitrogens with one attached hydrogen (secondary N) is 1. The molecule has 2 saturated heterocycles. The van der Waals surface area contributed by atoms with Gasteiger partial charge in [-0.1, -0.05) is 13.0 Å². The van der Waals surface area contributed by atoms with Crippen LogP contribution in [0.25, 0.3) is 10.2 Å². The number of rotatable bonds is 2. The Hall–Kier alpha value is -0.530. The summed E-state index contributed by atoms with van der Waals surface area (Å²) in [5.41, 5.74) is 2.58. The van der Waals surface area contributed by atoms with Crippen LogP contribution in [-0.4, -0.2) is 55.1 Å². The lowest BCUT2D eigenvalue weighted by Gasteiger charge is -2.36. The van der Waals surface area contributed by atoms with Crippen molar-refractivity contribution in [1.29, 1.82) is 0 Å². The van der Waals surface area contributed by atoms with Crippen LogP contribution in [0.2, 0.25) is 0 Å². The van der Waals surface area contributed by atoms with Crippen LogP contribution in [0.5, 0.6) is 0 Å². The predicted octanol–water partition coefficient (Wildman–Crippen LogP) is 3.85. The summed E-state index contributed by atoms with van der Waals surface area (Å²) < 4.78 is 1.32. The molecule has 1 aromatic heterocycles. The number of piperazine rings is 1. The van der Waals surface area contributed by atoms with Crippen LogP contribution < -0.4 is 5.32 Å². The highest BCUT2D eigenvalue weighted by molar-refractivity contribution is 8.93. The summed E-state index contributed by atoms with van der Waals surface area (Å²) in [6.07, 6.45) is 2.55. The van der Waals surface area contributed by atoms with E-state index in [1.54, 1.807) is 0 Å². The van der Waals surface area contributed by atoms with E-state index in [4.69, 9.17) is 4.98 Å². The maximum Gasteiger partial charge on any atom is 0.112 e. The van der Waals surface area contributed by atoms with Crippen molar-refractivity contribution in [3.05, 3.63) is 28.8 Å². The largest absolute Gasteiger partial charge is 0.310 e. The molecule has 0 spiro atoms. The number of likely N-dealkylation sites (N-methyl/N-ethyl adjacent to an activating group) is 2. The predicted molar refractivity (Wildman–Crippen MR) is 112 cm³/mol. The maximum atomic E-state index is 5.01. The SMILES string of the molecule is Br.C[C@H]1CC[C@H](c2ccc3sc(C4CN(C)CCN4C)nc3c2)NC1. The third-order valence-corrected chi connectivity index (χ3v) is 6.77. The van der Waals surface area contributed by atoms with Crippen molar-refractivity contribution >= 4 is 38.5 Å².